The molecule has 2 fully saturated rings. The number of aromatic carboxylic acids is 2. The van der Waals surface area contributed by atoms with Crippen molar-refractivity contribution in [2.45, 2.75) is 51.9 Å². The Morgan fingerprint density at radius 1 is 0.565 bits per heavy atom. The van der Waals surface area contributed by atoms with E-state index in [2.05, 4.69) is 0 Å². The molecule has 0 atom stereocenters. The van der Waals surface area contributed by atoms with Crippen LogP contribution in [0, 0.1) is 0 Å². The summed E-state index contributed by atoms with van der Waals surface area (Å²) in [5.74, 6) is -3.48. The largest absolute Gasteiger partial charge is 0.478 e. The second-order valence-corrected chi connectivity index (χ2v) is 19.0. The van der Waals surface area contributed by atoms with E-state index in [1.165, 1.54) is 40.1 Å². The van der Waals surface area contributed by atoms with Gasteiger partial charge in [-0.25, -0.2) is 9.59 Å². The fraction of sp³-hybridized carbons (Fsp3) is 0.500. The quantitative estimate of drug-likeness (QED) is 0.359. The summed E-state index contributed by atoms with van der Waals surface area (Å²) in [5.41, 5.74) is 0.465. The van der Waals surface area contributed by atoms with Crippen LogP contribution in [0.15, 0.2) is 36.4 Å². The number of carbonyl (C=O) groups excluding carboxylic acids is 2. The molecule has 14 heteroatoms. The van der Waals surface area contributed by atoms with E-state index >= 15 is 0 Å². The SMILES string of the molecule is CC[Si]1(CC)OCCN(C(=O)c2ccc(-c3ccc(C(=O)O)c(C(=O)N4CCO[Si](CC)(CC)OCC4)c3)cc2C(=O)O)CCO1. The fourth-order valence-corrected chi connectivity index (χ4v) is 10.6. The maximum absolute atomic E-state index is 13.7. The number of carboxylic acid groups (broad SMARTS) is 2. The molecule has 2 N–H and O–H groups in total. The highest BCUT2D eigenvalue weighted by atomic mass is 28.4. The van der Waals surface area contributed by atoms with E-state index in [0.29, 0.717) is 37.4 Å². The van der Waals surface area contributed by atoms with Crippen molar-refractivity contribution in [3.8, 4) is 11.1 Å². The van der Waals surface area contributed by atoms with Crippen molar-refractivity contribution in [2.24, 2.45) is 0 Å². The van der Waals surface area contributed by atoms with Crippen LogP contribution in [0.3, 0.4) is 0 Å². The first kappa shape index (κ1) is 35.4. The first-order valence-corrected chi connectivity index (χ1v) is 20.4. The van der Waals surface area contributed by atoms with E-state index in [1.54, 1.807) is 6.07 Å². The smallest absolute Gasteiger partial charge is 0.337 e. The number of carbonyl (C=O) groups is 4. The van der Waals surface area contributed by atoms with Gasteiger partial charge in [0.25, 0.3) is 11.8 Å². The normalized spacial score (nSPS) is 18.5. The second-order valence-electron chi connectivity index (χ2n) is 11.3. The van der Waals surface area contributed by atoms with Gasteiger partial charge >= 0.3 is 29.1 Å². The zero-order chi connectivity index (χ0) is 33.5. The Hall–Kier alpha value is -3.41. The van der Waals surface area contributed by atoms with Crippen LogP contribution in [-0.2, 0) is 17.7 Å². The molecule has 0 aromatic heterocycles. The minimum Gasteiger partial charge on any atom is -0.478 e. The lowest BCUT2D eigenvalue weighted by molar-refractivity contribution is 0.0568. The van der Waals surface area contributed by atoms with Gasteiger partial charge in [-0.2, -0.15) is 0 Å². The minimum absolute atomic E-state index is 0.0178. The second kappa shape index (κ2) is 15.5. The molecule has 2 aromatic rings. The van der Waals surface area contributed by atoms with Crippen molar-refractivity contribution < 1.29 is 47.1 Å². The summed E-state index contributed by atoms with van der Waals surface area (Å²) in [6.07, 6.45) is 0. The van der Waals surface area contributed by atoms with Gasteiger partial charge in [-0.1, -0.05) is 39.8 Å². The number of hydrogen-bond donors (Lipinski definition) is 2. The molecule has 4 rings (SSSR count). The van der Waals surface area contributed by atoms with Gasteiger partial charge in [0, 0.05) is 26.2 Å². The van der Waals surface area contributed by atoms with Crippen molar-refractivity contribution in [3.63, 3.8) is 0 Å². The summed E-state index contributed by atoms with van der Waals surface area (Å²) in [5, 5.41) is 20.0. The third-order valence-corrected chi connectivity index (χ3v) is 16.2. The maximum atomic E-state index is 13.7. The molecule has 0 unspecified atom stereocenters. The van der Waals surface area contributed by atoms with Crippen LogP contribution in [-0.4, -0.2) is 113 Å². The van der Waals surface area contributed by atoms with E-state index in [4.69, 9.17) is 17.7 Å². The Labute approximate surface area is 271 Å². The molecule has 2 aromatic carbocycles. The molecule has 2 aliphatic heterocycles. The van der Waals surface area contributed by atoms with E-state index in [-0.39, 0.29) is 48.6 Å². The summed E-state index contributed by atoms with van der Waals surface area (Å²) in [4.78, 5) is 54.8. The van der Waals surface area contributed by atoms with Crippen LogP contribution in [0.1, 0.15) is 69.1 Å². The highest BCUT2D eigenvalue weighted by molar-refractivity contribution is 6.67. The lowest BCUT2D eigenvalue weighted by Gasteiger charge is -2.34. The molecular formula is C32H44N2O10Si2. The molecule has 250 valence electrons. The molecule has 2 amide bonds. The van der Waals surface area contributed by atoms with E-state index in [9.17, 15) is 29.4 Å². The van der Waals surface area contributed by atoms with E-state index < -0.39 is 40.9 Å². The molecule has 2 saturated heterocycles. The van der Waals surface area contributed by atoms with Crippen LogP contribution in [0.5, 0.6) is 0 Å². The number of nitrogens with zero attached hydrogens (tertiary/aromatic N) is 2. The molecule has 46 heavy (non-hydrogen) atoms. The van der Waals surface area contributed by atoms with Gasteiger partial charge in [-0.3, -0.25) is 9.59 Å². The zero-order valence-electron chi connectivity index (χ0n) is 27.0. The third-order valence-electron chi connectivity index (χ3n) is 8.93. The molecule has 0 aliphatic carbocycles. The Morgan fingerprint density at radius 2 is 0.913 bits per heavy atom. The minimum atomic E-state index is -2.31. The number of amides is 2. The van der Waals surface area contributed by atoms with Crippen LogP contribution < -0.4 is 0 Å². The van der Waals surface area contributed by atoms with Gasteiger partial charge in [-0.05, 0) is 59.6 Å². The van der Waals surface area contributed by atoms with E-state index in [0.717, 1.165) is 24.2 Å². The van der Waals surface area contributed by atoms with Crippen LogP contribution in [0.4, 0.5) is 0 Å². The standard InChI is InChI=1S/C32H44N2O10Si2/c1-5-45(6-2)41-17-13-33(14-18-42-45)29(35)25-11-9-24(22-28(25)32(39)40)23-10-12-26(31(37)38)27(21-23)30(36)34-15-19-43-46(7-3,8-4)44-20-16-34/h9-12,21-22H,5-8,13-20H2,1-4H3,(H,37,38)(H,39,40). The number of benzene rings is 2. The fourth-order valence-electron chi connectivity index (χ4n) is 5.91. The third kappa shape index (κ3) is 7.75. The topological polar surface area (TPSA) is 152 Å². The van der Waals surface area contributed by atoms with Crippen LogP contribution in [0.2, 0.25) is 24.2 Å². The molecule has 0 bridgehead atoms. The average molecular weight is 673 g/mol. The monoisotopic (exact) mass is 672 g/mol. The Bertz CT molecular complexity index is 1420. The lowest BCUT2D eigenvalue weighted by atomic mass is 9.95. The van der Waals surface area contributed by atoms with Gasteiger partial charge in [0.05, 0.1) is 48.7 Å². The Morgan fingerprint density at radius 3 is 1.28 bits per heavy atom. The lowest BCUT2D eigenvalue weighted by Crippen LogP contribution is -2.49. The van der Waals surface area contributed by atoms with Crippen molar-refractivity contribution in [1.82, 2.24) is 9.80 Å². The molecule has 0 saturated carbocycles. The molecule has 0 spiro atoms. The molecule has 2 aliphatic rings. The predicted octanol–water partition coefficient (Wildman–Crippen LogP) is 4.69. The van der Waals surface area contributed by atoms with E-state index in [1.807, 2.05) is 27.7 Å². The highest BCUT2D eigenvalue weighted by Gasteiger charge is 2.37. The zero-order valence-corrected chi connectivity index (χ0v) is 29.0. The first-order valence-electron chi connectivity index (χ1n) is 15.9. The molecular weight excluding hydrogens is 629 g/mol. The number of carboxylic acids is 2. The van der Waals surface area contributed by atoms with Gasteiger partial charge < -0.3 is 37.7 Å². The molecule has 0 radical (unpaired) electrons. The molecule has 12 nitrogen and oxygen atoms in total. The van der Waals surface area contributed by atoms with Gasteiger partial charge in [0.1, 0.15) is 0 Å². The first-order chi connectivity index (χ1) is 22.0. The van der Waals surface area contributed by atoms with Crippen molar-refractivity contribution >= 4 is 40.9 Å². The van der Waals surface area contributed by atoms with Gasteiger partial charge in [0.2, 0.25) is 0 Å². The Kier molecular flexibility index (Phi) is 11.9. The summed E-state index contributed by atoms with van der Waals surface area (Å²) in [7, 11) is -4.60. The van der Waals surface area contributed by atoms with Crippen LogP contribution >= 0.6 is 0 Å². The van der Waals surface area contributed by atoms with Crippen molar-refractivity contribution in [2.75, 3.05) is 52.6 Å². The van der Waals surface area contributed by atoms with Crippen molar-refractivity contribution in [1.29, 1.82) is 0 Å². The number of hydrogen-bond acceptors (Lipinski definition) is 8. The summed E-state index contributed by atoms with van der Waals surface area (Å²) >= 11 is 0. The predicted molar refractivity (Wildman–Crippen MR) is 175 cm³/mol. The summed E-state index contributed by atoms with van der Waals surface area (Å²) < 4.78 is 24.4. The summed E-state index contributed by atoms with van der Waals surface area (Å²) in [6.45, 7) is 10.5. The molecule has 2 heterocycles. The average Bonchev–Trinajstić information content (AvgIpc) is 3.04. The summed E-state index contributed by atoms with van der Waals surface area (Å²) in [6, 6.07) is 12.0. The van der Waals surface area contributed by atoms with Crippen molar-refractivity contribution in [3.05, 3.63) is 58.7 Å². The van der Waals surface area contributed by atoms with Crippen LogP contribution in [0.25, 0.3) is 11.1 Å². The highest BCUT2D eigenvalue weighted by Crippen LogP contribution is 2.28. The van der Waals surface area contributed by atoms with Gasteiger partial charge in [-0.15, -0.1) is 0 Å². The Balaban J connectivity index is 1.60. The number of rotatable bonds is 9. The maximum Gasteiger partial charge on any atom is 0.337 e. The van der Waals surface area contributed by atoms with Gasteiger partial charge in [0.15, 0.2) is 0 Å².